The number of halogens is 1. The molecule has 108 valence electrons. The van der Waals surface area contributed by atoms with Crippen LogP contribution in [0, 0.1) is 15.9 Å². The fourth-order valence-corrected chi connectivity index (χ4v) is 1.84. The van der Waals surface area contributed by atoms with Gasteiger partial charge in [-0.3, -0.25) is 14.9 Å². The molecule has 0 fully saturated rings. The zero-order valence-corrected chi connectivity index (χ0v) is 10.9. The number of nitrogens with zero attached hydrogens (tertiary/aromatic N) is 1. The van der Waals surface area contributed by atoms with Crippen LogP contribution < -0.4 is 11.1 Å². The van der Waals surface area contributed by atoms with Gasteiger partial charge in [-0.2, -0.15) is 0 Å². The Morgan fingerprint density at radius 1 is 1.29 bits per heavy atom. The minimum atomic E-state index is -0.677. The Balaban J connectivity index is 2.22. The van der Waals surface area contributed by atoms with E-state index in [1.807, 2.05) is 0 Å². The minimum Gasteiger partial charge on any atom is -0.378 e. The molecule has 0 radical (unpaired) electrons. The third-order valence-electron chi connectivity index (χ3n) is 2.91. The van der Waals surface area contributed by atoms with E-state index in [1.165, 1.54) is 18.2 Å². The van der Waals surface area contributed by atoms with Crippen LogP contribution in [0.15, 0.2) is 42.5 Å². The van der Waals surface area contributed by atoms with Gasteiger partial charge in [0.15, 0.2) is 0 Å². The fourth-order valence-electron chi connectivity index (χ4n) is 1.84. The van der Waals surface area contributed by atoms with E-state index in [-0.39, 0.29) is 23.5 Å². The van der Waals surface area contributed by atoms with Crippen LogP contribution in [0.4, 0.5) is 15.8 Å². The Bertz CT molecular complexity index is 704. The molecule has 0 aliphatic heterocycles. The predicted molar refractivity (Wildman–Crippen MR) is 75.3 cm³/mol. The second-order valence-corrected chi connectivity index (χ2v) is 4.30. The number of para-hydroxylation sites is 1. The van der Waals surface area contributed by atoms with E-state index >= 15 is 0 Å². The molecular formula is C14H12FN3O3. The van der Waals surface area contributed by atoms with Crippen LogP contribution in [0.5, 0.6) is 0 Å². The summed E-state index contributed by atoms with van der Waals surface area (Å²) in [6, 6.07) is 9.80. The largest absolute Gasteiger partial charge is 0.378 e. The number of nitrogens with two attached hydrogens (primary N) is 1. The summed E-state index contributed by atoms with van der Waals surface area (Å²) < 4.78 is 13.6. The number of primary amides is 1. The van der Waals surface area contributed by atoms with Gasteiger partial charge in [0.1, 0.15) is 5.82 Å². The molecule has 6 nitrogen and oxygen atoms in total. The maximum atomic E-state index is 13.6. The fraction of sp³-hybridized carbons (Fsp3) is 0.0714. The normalized spacial score (nSPS) is 10.1. The lowest BCUT2D eigenvalue weighted by atomic mass is 10.1. The number of carbonyl (C=O) groups excluding carboxylic acids is 1. The van der Waals surface area contributed by atoms with Crippen LogP contribution in [-0.2, 0) is 6.54 Å². The molecule has 3 N–H and O–H groups in total. The molecule has 1 amide bonds. The number of nitro benzene ring substituents is 1. The van der Waals surface area contributed by atoms with Gasteiger partial charge in [-0.05, 0) is 18.2 Å². The van der Waals surface area contributed by atoms with Gasteiger partial charge in [-0.1, -0.05) is 18.2 Å². The highest BCUT2D eigenvalue weighted by atomic mass is 19.1. The minimum absolute atomic E-state index is 0.0519. The molecule has 0 aromatic heterocycles. The van der Waals surface area contributed by atoms with Gasteiger partial charge in [0.05, 0.1) is 10.6 Å². The maximum Gasteiger partial charge on any atom is 0.274 e. The van der Waals surface area contributed by atoms with Crippen molar-refractivity contribution in [3.05, 3.63) is 69.5 Å². The lowest BCUT2D eigenvalue weighted by molar-refractivity contribution is -0.385. The number of amides is 1. The summed E-state index contributed by atoms with van der Waals surface area (Å²) in [4.78, 5) is 21.4. The summed E-state index contributed by atoms with van der Waals surface area (Å²) in [7, 11) is 0. The van der Waals surface area contributed by atoms with E-state index in [9.17, 15) is 19.3 Å². The van der Waals surface area contributed by atoms with Gasteiger partial charge in [0, 0.05) is 23.7 Å². The highest BCUT2D eigenvalue weighted by Gasteiger charge is 2.13. The number of hydrogen-bond acceptors (Lipinski definition) is 4. The highest BCUT2D eigenvalue weighted by Crippen LogP contribution is 2.21. The first kappa shape index (κ1) is 14.4. The Morgan fingerprint density at radius 3 is 2.67 bits per heavy atom. The maximum absolute atomic E-state index is 13.6. The second kappa shape index (κ2) is 6.00. The van der Waals surface area contributed by atoms with E-state index < -0.39 is 16.6 Å². The average Bonchev–Trinajstić information content (AvgIpc) is 2.46. The molecule has 0 unspecified atom stereocenters. The Hall–Kier alpha value is -2.96. The van der Waals surface area contributed by atoms with Gasteiger partial charge >= 0.3 is 0 Å². The van der Waals surface area contributed by atoms with E-state index in [4.69, 9.17) is 5.73 Å². The molecule has 0 aliphatic rings. The molecule has 2 aromatic rings. The molecule has 21 heavy (non-hydrogen) atoms. The zero-order chi connectivity index (χ0) is 15.4. The third-order valence-corrected chi connectivity index (χ3v) is 2.91. The molecule has 0 saturated carbocycles. The highest BCUT2D eigenvalue weighted by molar-refractivity contribution is 5.93. The first-order valence-corrected chi connectivity index (χ1v) is 6.04. The van der Waals surface area contributed by atoms with Gasteiger partial charge in [-0.15, -0.1) is 0 Å². The average molecular weight is 289 g/mol. The molecule has 0 saturated heterocycles. The second-order valence-electron chi connectivity index (χ2n) is 4.30. The summed E-state index contributed by atoms with van der Waals surface area (Å²) in [5.74, 6) is -1.25. The molecule has 0 heterocycles. The van der Waals surface area contributed by atoms with Crippen LogP contribution in [-0.4, -0.2) is 10.8 Å². The van der Waals surface area contributed by atoms with Gasteiger partial charge in [0.2, 0.25) is 5.91 Å². The van der Waals surface area contributed by atoms with E-state index in [2.05, 4.69) is 5.32 Å². The van der Waals surface area contributed by atoms with Crippen LogP contribution in [0.3, 0.4) is 0 Å². The molecule has 2 aromatic carbocycles. The zero-order valence-electron chi connectivity index (χ0n) is 10.9. The molecule has 7 heteroatoms. The Kier molecular flexibility index (Phi) is 4.13. The SMILES string of the molecule is NC(=O)c1ccc(F)c(NCc2ccccc2[N+](=O)[O-])c1. The number of nitrogens with one attached hydrogen (secondary N) is 1. The van der Waals surface area contributed by atoms with Crippen molar-refractivity contribution in [1.29, 1.82) is 0 Å². The first-order valence-electron chi connectivity index (χ1n) is 6.04. The quantitative estimate of drug-likeness (QED) is 0.652. The van der Waals surface area contributed by atoms with Crippen LogP contribution in [0.1, 0.15) is 15.9 Å². The van der Waals surface area contributed by atoms with Crippen molar-refractivity contribution in [3.8, 4) is 0 Å². The number of benzene rings is 2. The van der Waals surface area contributed by atoms with Crippen molar-refractivity contribution in [2.24, 2.45) is 5.73 Å². The number of rotatable bonds is 5. The Labute approximate surface area is 119 Å². The standard InChI is InChI=1S/C14H12FN3O3/c15-11-6-5-9(14(16)19)7-12(11)17-8-10-3-1-2-4-13(10)18(20)21/h1-7,17H,8H2,(H2,16,19). The number of hydrogen-bond donors (Lipinski definition) is 2. The van der Waals surface area contributed by atoms with Crippen molar-refractivity contribution < 1.29 is 14.1 Å². The van der Waals surface area contributed by atoms with E-state index in [0.29, 0.717) is 5.56 Å². The van der Waals surface area contributed by atoms with Gasteiger partial charge in [-0.25, -0.2) is 4.39 Å². The Morgan fingerprint density at radius 2 is 2.00 bits per heavy atom. The summed E-state index contributed by atoms with van der Waals surface area (Å²) in [5.41, 5.74) is 5.69. The van der Waals surface area contributed by atoms with Crippen LogP contribution in [0.25, 0.3) is 0 Å². The molecule has 0 atom stereocenters. The number of nitro groups is 1. The predicted octanol–water partition coefficient (Wildman–Crippen LogP) is 2.44. The molecular weight excluding hydrogens is 277 g/mol. The number of carbonyl (C=O) groups is 1. The summed E-state index contributed by atoms with van der Waals surface area (Å²) in [5, 5.41) is 13.6. The molecule has 0 spiro atoms. The topological polar surface area (TPSA) is 98.3 Å². The molecule has 2 rings (SSSR count). The van der Waals surface area contributed by atoms with Crippen molar-refractivity contribution in [1.82, 2.24) is 0 Å². The van der Waals surface area contributed by atoms with E-state index in [0.717, 1.165) is 6.07 Å². The first-order chi connectivity index (χ1) is 9.99. The number of anilines is 1. The van der Waals surface area contributed by atoms with Crippen molar-refractivity contribution in [2.75, 3.05) is 5.32 Å². The lowest BCUT2D eigenvalue weighted by Gasteiger charge is -2.09. The van der Waals surface area contributed by atoms with Crippen molar-refractivity contribution >= 4 is 17.3 Å². The smallest absolute Gasteiger partial charge is 0.274 e. The lowest BCUT2D eigenvalue weighted by Crippen LogP contribution is -2.12. The summed E-state index contributed by atoms with van der Waals surface area (Å²) in [6.45, 7) is 0.0519. The summed E-state index contributed by atoms with van der Waals surface area (Å²) >= 11 is 0. The van der Waals surface area contributed by atoms with Gasteiger partial charge < -0.3 is 11.1 Å². The van der Waals surface area contributed by atoms with Crippen LogP contribution in [0.2, 0.25) is 0 Å². The summed E-state index contributed by atoms with van der Waals surface area (Å²) in [6.07, 6.45) is 0. The van der Waals surface area contributed by atoms with E-state index in [1.54, 1.807) is 18.2 Å². The van der Waals surface area contributed by atoms with Crippen LogP contribution >= 0.6 is 0 Å². The molecule has 0 aliphatic carbocycles. The van der Waals surface area contributed by atoms with Crippen molar-refractivity contribution in [3.63, 3.8) is 0 Å². The van der Waals surface area contributed by atoms with Crippen molar-refractivity contribution in [2.45, 2.75) is 6.54 Å². The van der Waals surface area contributed by atoms with Gasteiger partial charge in [0.25, 0.3) is 5.69 Å². The monoisotopic (exact) mass is 289 g/mol. The molecule has 0 bridgehead atoms. The third kappa shape index (κ3) is 3.33.